The molecule has 0 unspecified atom stereocenters. The quantitative estimate of drug-likeness (QED) is 0.619. The van der Waals surface area contributed by atoms with Crippen molar-refractivity contribution >= 4 is 23.6 Å². The number of benzene rings is 1. The first-order chi connectivity index (χ1) is 8.22. The van der Waals surface area contributed by atoms with Gasteiger partial charge in [-0.2, -0.15) is 0 Å². The molecule has 5 heteroatoms. The number of ketones is 1. The number of hydrogen-bond donors (Lipinski definition) is 0. The molecule has 86 valence electrons. The van der Waals surface area contributed by atoms with Crippen molar-refractivity contribution in [2.45, 2.75) is 0 Å². The van der Waals surface area contributed by atoms with Gasteiger partial charge >= 0.3 is 0 Å². The number of rotatable bonds is 4. The van der Waals surface area contributed by atoms with Gasteiger partial charge in [-0.1, -0.05) is 0 Å². The first-order valence-corrected chi connectivity index (χ1v) is 5.58. The molecular formula is C12H7FO3S. The number of hydrogen-bond acceptors (Lipinski definition) is 4. The monoisotopic (exact) mass is 250 g/mol. The average molecular weight is 250 g/mol. The highest BCUT2D eigenvalue weighted by molar-refractivity contribution is 7.12. The maximum atomic E-state index is 12.7. The number of halogens is 1. The van der Waals surface area contributed by atoms with Crippen LogP contribution in [0, 0.1) is 5.82 Å². The molecule has 17 heavy (non-hydrogen) atoms. The topological polar surface area (TPSA) is 43.4 Å². The summed E-state index contributed by atoms with van der Waals surface area (Å²) in [4.78, 5) is 22.3. The lowest BCUT2D eigenvalue weighted by molar-refractivity contribution is -0.120. The maximum Gasteiger partial charge on any atom is 0.299 e. The van der Waals surface area contributed by atoms with Crippen molar-refractivity contribution in [1.82, 2.24) is 0 Å². The van der Waals surface area contributed by atoms with Crippen LogP contribution in [0.15, 0.2) is 35.7 Å². The Labute approximate surface area is 100 Å². The highest BCUT2D eigenvalue weighted by atomic mass is 32.1. The van der Waals surface area contributed by atoms with Crippen molar-refractivity contribution in [3.05, 3.63) is 52.7 Å². The fourth-order valence-corrected chi connectivity index (χ4v) is 2.07. The third-order valence-corrected chi connectivity index (χ3v) is 2.94. The molecule has 0 aliphatic heterocycles. The summed E-state index contributed by atoms with van der Waals surface area (Å²) in [6, 6.07) is 6.76. The van der Waals surface area contributed by atoms with E-state index in [4.69, 9.17) is 0 Å². The fourth-order valence-electron chi connectivity index (χ4n) is 1.36. The molecule has 0 atom stereocenters. The predicted octanol–water partition coefficient (Wildman–Crippen LogP) is 2.65. The second kappa shape index (κ2) is 4.88. The number of carbonyl (C=O) groups excluding carboxylic acids is 2. The summed E-state index contributed by atoms with van der Waals surface area (Å²) in [7, 11) is 0. The molecule has 2 aromatic rings. The lowest BCUT2D eigenvalue weighted by Gasteiger charge is -2.01. The lowest BCUT2D eigenvalue weighted by atomic mass is 10.1. The molecule has 0 saturated carbocycles. The summed E-state index contributed by atoms with van der Waals surface area (Å²) in [6.07, 6.45) is 0. The van der Waals surface area contributed by atoms with Crippen LogP contribution >= 0.6 is 11.3 Å². The first kappa shape index (κ1) is 11.5. The van der Waals surface area contributed by atoms with Crippen molar-refractivity contribution < 1.29 is 18.7 Å². The van der Waals surface area contributed by atoms with Crippen molar-refractivity contribution in [1.29, 1.82) is 0 Å². The standard InChI is InChI=1S/C12H7FO3S/c13-9-3-1-8(2-4-9)11(15)10-5-6-17-12(10)16-7-14/h1-7H. The number of thiophene rings is 1. The Morgan fingerprint density at radius 3 is 2.59 bits per heavy atom. The Morgan fingerprint density at radius 1 is 1.24 bits per heavy atom. The molecule has 3 nitrogen and oxygen atoms in total. The highest BCUT2D eigenvalue weighted by Gasteiger charge is 2.16. The molecule has 2 rings (SSSR count). The molecular weight excluding hydrogens is 243 g/mol. The van der Waals surface area contributed by atoms with E-state index in [1.807, 2.05) is 0 Å². The van der Waals surface area contributed by atoms with Gasteiger partial charge in [-0.05, 0) is 35.7 Å². The van der Waals surface area contributed by atoms with Crippen LogP contribution in [-0.4, -0.2) is 12.3 Å². The molecule has 0 amide bonds. The van der Waals surface area contributed by atoms with E-state index in [-0.39, 0.29) is 17.3 Å². The van der Waals surface area contributed by atoms with Gasteiger partial charge in [0.1, 0.15) is 5.82 Å². The summed E-state index contributed by atoms with van der Waals surface area (Å²) in [5.74, 6) is -0.709. The SMILES string of the molecule is O=COc1sccc1C(=O)c1ccc(F)cc1. The fraction of sp³-hybridized carbons (Fsp3) is 0. The van der Waals surface area contributed by atoms with Gasteiger partial charge in [0.15, 0.2) is 10.8 Å². The van der Waals surface area contributed by atoms with E-state index in [1.165, 1.54) is 24.3 Å². The Bertz CT molecular complexity index is 545. The molecule has 0 radical (unpaired) electrons. The Hall–Kier alpha value is -2.01. The largest absolute Gasteiger partial charge is 0.417 e. The van der Waals surface area contributed by atoms with Gasteiger partial charge in [-0.3, -0.25) is 9.59 Å². The number of carbonyl (C=O) groups is 2. The molecule has 1 heterocycles. The summed E-state index contributed by atoms with van der Waals surface area (Å²) in [5.41, 5.74) is 0.647. The van der Waals surface area contributed by atoms with Crippen LogP contribution < -0.4 is 4.74 Å². The normalized spacial score (nSPS) is 9.94. The molecule has 1 aromatic carbocycles. The van der Waals surface area contributed by atoms with Crippen molar-refractivity contribution in [2.24, 2.45) is 0 Å². The lowest BCUT2D eigenvalue weighted by Crippen LogP contribution is -2.02. The second-order valence-electron chi connectivity index (χ2n) is 3.17. The zero-order chi connectivity index (χ0) is 12.3. The summed E-state index contributed by atoms with van der Waals surface area (Å²) >= 11 is 1.15. The van der Waals surface area contributed by atoms with E-state index in [2.05, 4.69) is 4.74 Å². The molecule has 0 aliphatic rings. The van der Waals surface area contributed by atoms with Gasteiger partial charge in [0.25, 0.3) is 6.47 Å². The summed E-state index contributed by atoms with van der Waals surface area (Å²) < 4.78 is 17.4. The minimum absolute atomic E-state index is 0.245. The van der Waals surface area contributed by atoms with Crippen LogP contribution in [0.3, 0.4) is 0 Å². The minimum Gasteiger partial charge on any atom is -0.417 e. The van der Waals surface area contributed by atoms with Crippen LogP contribution in [0.1, 0.15) is 15.9 Å². The highest BCUT2D eigenvalue weighted by Crippen LogP contribution is 2.27. The minimum atomic E-state index is -0.406. The van der Waals surface area contributed by atoms with E-state index >= 15 is 0 Å². The van der Waals surface area contributed by atoms with Gasteiger partial charge in [0.05, 0.1) is 5.56 Å². The Balaban J connectivity index is 2.33. The zero-order valence-electron chi connectivity index (χ0n) is 8.55. The van der Waals surface area contributed by atoms with E-state index in [0.717, 1.165) is 11.3 Å². The molecule has 0 saturated heterocycles. The van der Waals surface area contributed by atoms with Gasteiger partial charge in [0.2, 0.25) is 0 Å². The molecule has 0 N–H and O–H groups in total. The third-order valence-electron chi connectivity index (χ3n) is 2.14. The van der Waals surface area contributed by atoms with Gasteiger partial charge in [-0.25, -0.2) is 4.39 Å². The second-order valence-corrected chi connectivity index (χ2v) is 4.05. The average Bonchev–Trinajstić information content (AvgIpc) is 2.78. The van der Waals surface area contributed by atoms with E-state index in [0.29, 0.717) is 11.1 Å². The van der Waals surface area contributed by atoms with Crippen LogP contribution in [-0.2, 0) is 4.79 Å². The summed E-state index contributed by atoms with van der Waals surface area (Å²) in [5, 5.41) is 1.89. The van der Waals surface area contributed by atoms with Crippen LogP contribution in [0.25, 0.3) is 0 Å². The van der Waals surface area contributed by atoms with Crippen molar-refractivity contribution in [3.8, 4) is 5.06 Å². The van der Waals surface area contributed by atoms with Gasteiger partial charge < -0.3 is 4.74 Å². The van der Waals surface area contributed by atoms with Crippen LogP contribution in [0.2, 0.25) is 0 Å². The van der Waals surface area contributed by atoms with Crippen LogP contribution in [0.5, 0.6) is 5.06 Å². The Morgan fingerprint density at radius 2 is 1.94 bits per heavy atom. The number of ether oxygens (including phenoxy) is 1. The smallest absolute Gasteiger partial charge is 0.299 e. The van der Waals surface area contributed by atoms with E-state index in [1.54, 1.807) is 11.4 Å². The molecule has 0 spiro atoms. The summed E-state index contributed by atoms with van der Waals surface area (Å²) in [6.45, 7) is 0.271. The molecule has 0 bridgehead atoms. The van der Waals surface area contributed by atoms with Gasteiger partial charge in [0, 0.05) is 5.56 Å². The Kier molecular flexibility index (Phi) is 3.30. The molecule has 1 aromatic heterocycles. The third kappa shape index (κ3) is 2.39. The van der Waals surface area contributed by atoms with E-state index in [9.17, 15) is 14.0 Å². The molecule has 0 fully saturated rings. The zero-order valence-corrected chi connectivity index (χ0v) is 9.37. The van der Waals surface area contributed by atoms with Gasteiger partial charge in [-0.15, -0.1) is 11.3 Å². The molecule has 0 aliphatic carbocycles. The van der Waals surface area contributed by atoms with E-state index < -0.39 is 5.82 Å². The first-order valence-electron chi connectivity index (χ1n) is 4.70. The van der Waals surface area contributed by atoms with Crippen molar-refractivity contribution in [2.75, 3.05) is 0 Å². The predicted molar refractivity (Wildman–Crippen MR) is 60.8 cm³/mol. The van der Waals surface area contributed by atoms with Crippen LogP contribution in [0.4, 0.5) is 4.39 Å². The van der Waals surface area contributed by atoms with Crippen molar-refractivity contribution in [3.63, 3.8) is 0 Å². The maximum absolute atomic E-state index is 12.7.